The summed E-state index contributed by atoms with van der Waals surface area (Å²) in [6, 6.07) is 9.86. The fraction of sp³-hybridized carbons (Fsp3) is 0.789. The summed E-state index contributed by atoms with van der Waals surface area (Å²) in [6.45, 7) is 22.4. The SMILES string of the molecule is C=C(C[Si](CC)(CC)CC)C(O)C(=C)C[Si](CC)(CC)CC. The largest absolute Gasteiger partial charge is 0.384 e. The van der Waals surface area contributed by atoms with Gasteiger partial charge in [0.05, 0.1) is 22.3 Å². The smallest absolute Gasteiger partial charge is 0.0950 e. The molecular weight excluding hydrogens is 300 g/mol. The molecule has 0 aliphatic heterocycles. The second-order valence-corrected chi connectivity index (χ2v) is 18.1. The van der Waals surface area contributed by atoms with E-state index in [0.29, 0.717) is 0 Å². The van der Waals surface area contributed by atoms with Crippen molar-refractivity contribution in [3.05, 3.63) is 24.3 Å². The van der Waals surface area contributed by atoms with Gasteiger partial charge in [-0.1, -0.05) is 91.0 Å². The highest BCUT2D eigenvalue weighted by molar-refractivity contribution is 6.80. The van der Waals surface area contributed by atoms with Gasteiger partial charge in [0.15, 0.2) is 0 Å². The molecule has 0 aromatic carbocycles. The summed E-state index contributed by atoms with van der Waals surface area (Å²) in [7, 11) is -2.52. The highest BCUT2D eigenvalue weighted by atomic mass is 28.3. The summed E-state index contributed by atoms with van der Waals surface area (Å²) < 4.78 is 0. The fourth-order valence-corrected chi connectivity index (χ4v) is 10.5. The molecular formula is C19H40OSi2. The van der Waals surface area contributed by atoms with Crippen LogP contribution < -0.4 is 0 Å². The van der Waals surface area contributed by atoms with Crippen molar-refractivity contribution in [3.8, 4) is 0 Å². The van der Waals surface area contributed by atoms with E-state index in [1.165, 1.54) is 36.3 Å². The van der Waals surface area contributed by atoms with Gasteiger partial charge in [-0.25, -0.2) is 0 Å². The molecule has 0 atom stereocenters. The van der Waals surface area contributed by atoms with Crippen molar-refractivity contribution in [3.63, 3.8) is 0 Å². The van der Waals surface area contributed by atoms with Crippen LogP contribution in [0.15, 0.2) is 24.3 Å². The van der Waals surface area contributed by atoms with Gasteiger partial charge in [-0.05, 0) is 23.2 Å². The Morgan fingerprint density at radius 1 is 0.682 bits per heavy atom. The summed E-state index contributed by atoms with van der Waals surface area (Å²) in [5.41, 5.74) is 2.07. The first kappa shape index (κ1) is 21.9. The molecule has 0 heterocycles. The molecule has 0 bridgehead atoms. The Labute approximate surface area is 141 Å². The quantitative estimate of drug-likeness (QED) is 0.318. The van der Waals surface area contributed by atoms with E-state index in [1.54, 1.807) is 0 Å². The number of hydrogen-bond donors (Lipinski definition) is 1. The molecule has 0 amide bonds. The van der Waals surface area contributed by atoms with Gasteiger partial charge >= 0.3 is 0 Å². The summed E-state index contributed by atoms with van der Waals surface area (Å²) >= 11 is 0. The molecule has 3 heteroatoms. The van der Waals surface area contributed by atoms with Gasteiger partial charge in [0, 0.05) is 0 Å². The third kappa shape index (κ3) is 5.50. The lowest BCUT2D eigenvalue weighted by Crippen LogP contribution is -2.36. The highest BCUT2D eigenvalue weighted by Crippen LogP contribution is 2.34. The molecule has 0 aromatic rings. The Morgan fingerprint density at radius 3 is 1.09 bits per heavy atom. The van der Waals surface area contributed by atoms with Crippen molar-refractivity contribution in [2.75, 3.05) is 0 Å². The third-order valence-corrected chi connectivity index (χ3v) is 17.9. The first-order chi connectivity index (χ1) is 10.3. The van der Waals surface area contributed by atoms with E-state index < -0.39 is 22.3 Å². The zero-order valence-electron chi connectivity index (χ0n) is 16.1. The molecule has 0 unspecified atom stereocenters. The van der Waals surface area contributed by atoms with Crippen LogP contribution in [-0.2, 0) is 0 Å². The monoisotopic (exact) mass is 340 g/mol. The van der Waals surface area contributed by atoms with E-state index in [0.717, 1.165) is 23.2 Å². The van der Waals surface area contributed by atoms with Crippen molar-refractivity contribution in [1.82, 2.24) is 0 Å². The van der Waals surface area contributed by atoms with Crippen LogP contribution in [0.1, 0.15) is 41.5 Å². The summed E-state index contributed by atoms with van der Waals surface area (Å²) in [6.07, 6.45) is -0.479. The average Bonchev–Trinajstić information content (AvgIpc) is 2.56. The molecule has 1 N–H and O–H groups in total. The van der Waals surface area contributed by atoms with E-state index in [2.05, 4.69) is 54.7 Å². The van der Waals surface area contributed by atoms with Crippen molar-refractivity contribution >= 4 is 16.1 Å². The maximum Gasteiger partial charge on any atom is 0.0950 e. The predicted molar refractivity (Wildman–Crippen MR) is 108 cm³/mol. The highest BCUT2D eigenvalue weighted by Gasteiger charge is 2.32. The molecule has 0 radical (unpaired) electrons. The molecule has 22 heavy (non-hydrogen) atoms. The topological polar surface area (TPSA) is 20.2 Å². The minimum atomic E-state index is -1.26. The van der Waals surface area contributed by atoms with Crippen LogP contribution >= 0.6 is 0 Å². The Balaban J connectivity index is 4.92. The maximum absolute atomic E-state index is 10.7. The third-order valence-electron chi connectivity index (χ3n) is 6.48. The Bertz CT molecular complexity index is 304. The van der Waals surface area contributed by atoms with E-state index in [-0.39, 0.29) is 0 Å². The fourth-order valence-electron chi connectivity index (χ4n) is 3.70. The minimum absolute atomic E-state index is 0.479. The second-order valence-electron chi connectivity index (χ2n) is 7.19. The molecule has 0 saturated carbocycles. The maximum atomic E-state index is 10.7. The Morgan fingerprint density at radius 2 is 0.909 bits per heavy atom. The zero-order valence-corrected chi connectivity index (χ0v) is 18.1. The molecule has 1 nitrogen and oxygen atoms in total. The number of aliphatic hydroxyl groups is 1. The molecule has 0 saturated heterocycles. The van der Waals surface area contributed by atoms with Crippen LogP contribution in [0.3, 0.4) is 0 Å². The first-order valence-corrected chi connectivity index (χ1v) is 15.0. The van der Waals surface area contributed by atoms with Gasteiger partial charge < -0.3 is 5.11 Å². The molecule has 0 aliphatic carbocycles. The Hall–Kier alpha value is -0.126. The Kier molecular flexibility index (Phi) is 9.83. The number of hydrogen-bond acceptors (Lipinski definition) is 1. The van der Waals surface area contributed by atoms with Gasteiger partial charge in [-0.3, -0.25) is 0 Å². The van der Waals surface area contributed by atoms with Crippen molar-refractivity contribution in [1.29, 1.82) is 0 Å². The lowest BCUT2D eigenvalue weighted by Gasteiger charge is -2.33. The van der Waals surface area contributed by atoms with E-state index >= 15 is 0 Å². The van der Waals surface area contributed by atoms with E-state index in [4.69, 9.17) is 0 Å². The van der Waals surface area contributed by atoms with E-state index in [1.807, 2.05) is 0 Å². The van der Waals surface area contributed by atoms with Gasteiger partial charge in [0.25, 0.3) is 0 Å². The lowest BCUT2D eigenvalue weighted by atomic mass is 10.1. The van der Waals surface area contributed by atoms with Crippen LogP contribution in [-0.4, -0.2) is 27.4 Å². The van der Waals surface area contributed by atoms with Crippen LogP contribution in [0.5, 0.6) is 0 Å². The minimum Gasteiger partial charge on any atom is -0.384 e. The molecule has 0 rings (SSSR count). The first-order valence-electron chi connectivity index (χ1n) is 9.32. The standard InChI is InChI=1S/C19H40OSi2/c1-9-21(10-2,11-3)15-17(7)19(20)18(8)16-22(12-4,13-5)14-6/h19-20H,7-16H2,1-6H3. The van der Waals surface area contributed by atoms with Crippen LogP contribution in [0.25, 0.3) is 0 Å². The summed E-state index contributed by atoms with van der Waals surface area (Å²) in [5, 5.41) is 10.7. The zero-order chi connectivity index (χ0) is 17.4. The number of rotatable bonds is 12. The predicted octanol–water partition coefficient (Wildman–Crippen LogP) is 6.48. The van der Waals surface area contributed by atoms with E-state index in [9.17, 15) is 5.11 Å². The van der Waals surface area contributed by atoms with Gasteiger partial charge in [-0.15, -0.1) is 0 Å². The van der Waals surface area contributed by atoms with Gasteiger partial charge in [0.1, 0.15) is 0 Å². The molecule has 130 valence electrons. The van der Waals surface area contributed by atoms with Crippen LogP contribution in [0.2, 0.25) is 48.4 Å². The van der Waals surface area contributed by atoms with Gasteiger partial charge in [-0.2, -0.15) is 0 Å². The van der Waals surface area contributed by atoms with Gasteiger partial charge in [0.2, 0.25) is 0 Å². The van der Waals surface area contributed by atoms with Crippen LogP contribution in [0, 0.1) is 0 Å². The summed E-state index contributed by atoms with van der Waals surface area (Å²) in [5.74, 6) is 0. The van der Waals surface area contributed by atoms with Crippen LogP contribution in [0.4, 0.5) is 0 Å². The average molecular weight is 341 g/mol. The van der Waals surface area contributed by atoms with Crippen molar-refractivity contribution < 1.29 is 5.11 Å². The number of aliphatic hydroxyl groups excluding tert-OH is 1. The normalized spacial score (nSPS) is 12.7. The molecule has 0 spiro atoms. The molecule has 0 aromatic heterocycles. The second kappa shape index (κ2) is 9.89. The van der Waals surface area contributed by atoms with Crippen molar-refractivity contribution in [2.24, 2.45) is 0 Å². The van der Waals surface area contributed by atoms with Crippen molar-refractivity contribution in [2.45, 2.75) is 96.0 Å². The lowest BCUT2D eigenvalue weighted by molar-refractivity contribution is 0.247. The summed E-state index contributed by atoms with van der Waals surface area (Å²) in [4.78, 5) is 0. The molecule has 0 aliphatic rings. The molecule has 0 fully saturated rings.